The molecule has 0 aliphatic heterocycles. The molecule has 0 saturated carbocycles. The SMILES string of the molecule is CC(C)C[C@H]1CC(c2ccc(O)c(O)c2)=Cc2cc(O)c(O)cc21. The van der Waals surface area contributed by atoms with Gasteiger partial charge in [-0.1, -0.05) is 26.0 Å². The summed E-state index contributed by atoms with van der Waals surface area (Å²) in [5.41, 5.74) is 3.79. The van der Waals surface area contributed by atoms with Crippen LogP contribution in [0.4, 0.5) is 0 Å². The second kappa shape index (κ2) is 6.11. The van der Waals surface area contributed by atoms with Gasteiger partial charge in [-0.05, 0) is 71.2 Å². The topological polar surface area (TPSA) is 80.9 Å². The van der Waals surface area contributed by atoms with Gasteiger partial charge in [0, 0.05) is 0 Å². The summed E-state index contributed by atoms with van der Waals surface area (Å²) in [4.78, 5) is 0. The summed E-state index contributed by atoms with van der Waals surface area (Å²) in [5.74, 6) is 0.198. The molecule has 1 aliphatic carbocycles. The van der Waals surface area contributed by atoms with Gasteiger partial charge < -0.3 is 20.4 Å². The van der Waals surface area contributed by atoms with Crippen LogP contribution in [0.5, 0.6) is 23.0 Å². The Labute approximate surface area is 141 Å². The lowest BCUT2D eigenvalue weighted by molar-refractivity contribution is 0.401. The van der Waals surface area contributed by atoms with E-state index in [1.807, 2.05) is 6.08 Å². The standard InChI is InChI=1S/C20H22O4/c1-11(2)5-14-6-13(12-3-4-17(21)18(22)8-12)7-15-9-19(23)20(24)10-16(14)15/h3-4,7-11,14,21-24H,5-6H2,1-2H3/t14-/m0/s1. The highest BCUT2D eigenvalue weighted by molar-refractivity contribution is 5.86. The van der Waals surface area contributed by atoms with Crippen LogP contribution in [-0.4, -0.2) is 20.4 Å². The van der Waals surface area contributed by atoms with E-state index in [9.17, 15) is 20.4 Å². The predicted molar refractivity (Wildman–Crippen MR) is 94.2 cm³/mol. The largest absolute Gasteiger partial charge is 0.504 e. The average molecular weight is 326 g/mol. The predicted octanol–water partition coefficient (Wildman–Crippen LogP) is 4.58. The lowest BCUT2D eigenvalue weighted by Gasteiger charge is -2.28. The smallest absolute Gasteiger partial charge is 0.158 e. The molecule has 2 aromatic rings. The van der Waals surface area contributed by atoms with Crippen LogP contribution < -0.4 is 0 Å². The Hall–Kier alpha value is -2.62. The van der Waals surface area contributed by atoms with Gasteiger partial charge in [-0.15, -0.1) is 0 Å². The summed E-state index contributed by atoms with van der Waals surface area (Å²) in [6.07, 6.45) is 3.70. The molecule has 126 valence electrons. The lowest BCUT2D eigenvalue weighted by Crippen LogP contribution is -2.10. The minimum atomic E-state index is -0.145. The van der Waals surface area contributed by atoms with E-state index in [2.05, 4.69) is 13.8 Å². The van der Waals surface area contributed by atoms with Gasteiger partial charge in [0.25, 0.3) is 0 Å². The number of phenols is 4. The van der Waals surface area contributed by atoms with E-state index >= 15 is 0 Å². The molecule has 2 aromatic carbocycles. The van der Waals surface area contributed by atoms with E-state index in [-0.39, 0.29) is 28.9 Å². The van der Waals surface area contributed by atoms with Crippen molar-refractivity contribution in [1.82, 2.24) is 0 Å². The number of hydrogen-bond acceptors (Lipinski definition) is 4. The van der Waals surface area contributed by atoms with Gasteiger partial charge in [-0.25, -0.2) is 0 Å². The number of benzene rings is 2. The normalized spacial score (nSPS) is 16.8. The molecular formula is C20H22O4. The average Bonchev–Trinajstić information content (AvgIpc) is 2.51. The third-order valence-corrected chi connectivity index (χ3v) is 4.52. The molecule has 0 spiro atoms. The second-order valence-electron chi connectivity index (χ2n) is 6.87. The van der Waals surface area contributed by atoms with Gasteiger partial charge in [-0.2, -0.15) is 0 Å². The second-order valence-corrected chi connectivity index (χ2v) is 6.87. The van der Waals surface area contributed by atoms with Crippen molar-refractivity contribution in [3.63, 3.8) is 0 Å². The Balaban J connectivity index is 2.09. The number of hydrogen-bond donors (Lipinski definition) is 4. The first-order valence-corrected chi connectivity index (χ1v) is 8.14. The van der Waals surface area contributed by atoms with Crippen LogP contribution in [0.15, 0.2) is 30.3 Å². The Bertz CT molecular complexity index is 806. The van der Waals surface area contributed by atoms with Crippen LogP contribution in [0, 0.1) is 5.92 Å². The molecule has 0 aromatic heterocycles. The maximum atomic E-state index is 9.85. The van der Waals surface area contributed by atoms with Crippen molar-refractivity contribution in [3.8, 4) is 23.0 Å². The van der Waals surface area contributed by atoms with Crippen molar-refractivity contribution in [3.05, 3.63) is 47.0 Å². The Morgan fingerprint density at radius 3 is 2.25 bits per heavy atom. The highest BCUT2D eigenvalue weighted by atomic mass is 16.3. The Morgan fingerprint density at radius 1 is 0.917 bits per heavy atom. The minimum Gasteiger partial charge on any atom is -0.504 e. The van der Waals surface area contributed by atoms with E-state index in [0.29, 0.717) is 5.92 Å². The molecule has 0 unspecified atom stereocenters. The van der Waals surface area contributed by atoms with Gasteiger partial charge in [0.05, 0.1) is 0 Å². The maximum absolute atomic E-state index is 9.85. The molecule has 0 amide bonds. The van der Waals surface area contributed by atoms with Crippen molar-refractivity contribution in [2.24, 2.45) is 5.92 Å². The molecular weight excluding hydrogens is 304 g/mol. The summed E-state index contributed by atoms with van der Waals surface area (Å²) < 4.78 is 0. The first-order valence-electron chi connectivity index (χ1n) is 8.14. The number of rotatable bonds is 3. The minimum absolute atomic E-state index is 0.0957. The highest BCUT2D eigenvalue weighted by Gasteiger charge is 2.25. The molecule has 1 aliphatic rings. The van der Waals surface area contributed by atoms with Crippen LogP contribution >= 0.6 is 0 Å². The summed E-state index contributed by atoms with van der Waals surface area (Å²) in [6, 6.07) is 8.04. The molecule has 4 heteroatoms. The fourth-order valence-electron chi connectivity index (χ4n) is 3.41. The van der Waals surface area contributed by atoms with E-state index < -0.39 is 0 Å². The summed E-state index contributed by atoms with van der Waals surface area (Å²) in [7, 11) is 0. The van der Waals surface area contributed by atoms with Gasteiger partial charge in [0.1, 0.15) is 0 Å². The summed E-state index contributed by atoms with van der Waals surface area (Å²) >= 11 is 0. The van der Waals surface area contributed by atoms with Crippen molar-refractivity contribution < 1.29 is 20.4 Å². The lowest BCUT2D eigenvalue weighted by atomic mass is 9.77. The van der Waals surface area contributed by atoms with E-state index in [0.717, 1.165) is 35.1 Å². The first kappa shape index (κ1) is 16.2. The van der Waals surface area contributed by atoms with Crippen molar-refractivity contribution >= 4 is 11.6 Å². The van der Waals surface area contributed by atoms with E-state index in [4.69, 9.17) is 0 Å². The number of fused-ring (bicyclic) bond motifs is 1. The zero-order valence-corrected chi connectivity index (χ0v) is 13.8. The van der Waals surface area contributed by atoms with Crippen LogP contribution in [0.2, 0.25) is 0 Å². The number of phenolic OH excluding ortho intramolecular Hbond substituents is 4. The summed E-state index contributed by atoms with van der Waals surface area (Å²) in [5, 5.41) is 38.9. The monoisotopic (exact) mass is 326 g/mol. The van der Waals surface area contributed by atoms with Crippen LogP contribution in [0.25, 0.3) is 11.6 Å². The molecule has 1 atom stereocenters. The summed E-state index contributed by atoms with van der Waals surface area (Å²) in [6.45, 7) is 4.31. The Kier molecular flexibility index (Phi) is 4.14. The van der Waals surface area contributed by atoms with Crippen LogP contribution in [-0.2, 0) is 0 Å². The molecule has 0 saturated heterocycles. The molecule has 0 heterocycles. The number of allylic oxidation sites excluding steroid dienone is 1. The van der Waals surface area contributed by atoms with Crippen molar-refractivity contribution in [1.29, 1.82) is 0 Å². The van der Waals surface area contributed by atoms with E-state index in [1.165, 1.54) is 6.07 Å². The van der Waals surface area contributed by atoms with Gasteiger partial charge >= 0.3 is 0 Å². The fourth-order valence-corrected chi connectivity index (χ4v) is 3.41. The molecule has 4 nitrogen and oxygen atoms in total. The zero-order chi connectivity index (χ0) is 17.4. The molecule has 4 N–H and O–H groups in total. The van der Waals surface area contributed by atoms with Gasteiger partial charge in [-0.3, -0.25) is 0 Å². The number of aromatic hydroxyl groups is 4. The molecule has 0 fully saturated rings. The molecule has 3 rings (SSSR count). The Morgan fingerprint density at radius 2 is 1.58 bits per heavy atom. The van der Waals surface area contributed by atoms with Crippen molar-refractivity contribution in [2.45, 2.75) is 32.6 Å². The maximum Gasteiger partial charge on any atom is 0.158 e. The fraction of sp³-hybridized carbons (Fsp3) is 0.300. The van der Waals surface area contributed by atoms with Crippen LogP contribution in [0.3, 0.4) is 0 Å². The molecule has 0 bridgehead atoms. The van der Waals surface area contributed by atoms with Gasteiger partial charge in [0.2, 0.25) is 0 Å². The van der Waals surface area contributed by atoms with Crippen LogP contribution in [0.1, 0.15) is 49.3 Å². The van der Waals surface area contributed by atoms with E-state index in [1.54, 1.807) is 24.3 Å². The third kappa shape index (κ3) is 3.04. The highest BCUT2D eigenvalue weighted by Crippen LogP contribution is 2.45. The van der Waals surface area contributed by atoms with Gasteiger partial charge in [0.15, 0.2) is 23.0 Å². The molecule has 0 radical (unpaired) electrons. The quantitative estimate of drug-likeness (QED) is 0.622. The van der Waals surface area contributed by atoms with Crippen molar-refractivity contribution in [2.75, 3.05) is 0 Å². The first-order chi connectivity index (χ1) is 11.3. The zero-order valence-electron chi connectivity index (χ0n) is 13.8. The third-order valence-electron chi connectivity index (χ3n) is 4.52. The molecule has 24 heavy (non-hydrogen) atoms.